The molecule has 116 valence electrons. The smallest absolute Gasteiger partial charge is 0.243 e. The normalized spacial score (nSPS) is 11.2. The first-order valence-electron chi connectivity index (χ1n) is 6.93. The van der Waals surface area contributed by atoms with Crippen LogP contribution in [0.3, 0.4) is 0 Å². The first-order chi connectivity index (χ1) is 10.1. The van der Waals surface area contributed by atoms with Crippen LogP contribution in [0.4, 0.5) is 0 Å². The van der Waals surface area contributed by atoms with E-state index in [2.05, 4.69) is 11.8 Å². The van der Waals surface area contributed by atoms with Gasteiger partial charge in [-0.1, -0.05) is 18.8 Å². The number of nitrogens with zero attached hydrogens (tertiary/aromatic N) is 1. The Kier molecular flexibility index (Phi) is 7.40. The highest BCUT2D eigenvalue weighted by Gasteiger charge is 2.22. The zero-order chi connectivity index (χ0) is 15.7. The molecule has 0 heterocycles. The molecular weight excluding hydrogens is 288 g/mol. The summed E-state index contributed by atoms with van der Waals surface area (Å²) in [5, 5.41) is 0. The molecule has 0 saturated carbocycles. The van der Waals surface area contributed by atoms with E-state index in [1.165, 1.54) is 4.31 Å². The fourth-order valence-electron chi connectivity index (χ4n) is 1.77. The van der Waals surface area contributed by atoms with Crippen LogP contribution in [0.2, 0.25) is 0 Å². The summed E-state index contributed by atoms with van der Waals surface area (Å²) in [6.45, 7) is 5.69. The monoisotopic (exact) mass is 310 g/mol. The van der Waals surface area contributed by atoms with Gasteiger partial charge in [0.1, 0.15) is 0 Å². The molecule has 0 atom stereocenters. The van der Waals surface area contributed by atoms with Crippen molar-refractivity contribution >= 4 is 10.0 Å². The molecule has 0 bridgehead atoms. The molecular formula is C15H22N2O3S. The molecule has 0 unspecified atom stereocenters. The first-order valence-corrected chi connectivity index (χ1v) is 8.37. The lowest BCUT2D eigenvalue weighted by molar-refractivity contribution is 0.135. The van der Waals surface area contributed by atoms with E-state index in [-0.39, 0.29) is 11.4 Å². The summed E-state index contributed by atoms with van der Waals surface area (Å²) < 4.78 is 31.6. The number of rotatable bonds is 7. The molecule has 21 heavy (non-hydrogen) atoms. The van der Waals surface area contributed by atoms with Crippen LogP contribution in [0, 0.1) is 11.8 Å². The summed E-state index contributed by atoms with van der Waals surface area (Å²) in [6, 6.07) is 6.51. The van der Waals surface area contributed by atoms with E-state index in [4.69, 9.17) is 10.5 Å². The second-order valence-electron chi connectivity index (χ2n) is 4.22. The largest absolute Gasteiger partial charge is 0.380 e. The number of sulfonamides is 1. The van der Waals surface area contributed by atoms with E-state index in [1.54, 1.807) is 24.3 Å². The van der Waals surface area contributed by atoms with E-state index >= 15 is 0 Å². The Bertz CT molecular complexity index is 586. The molecule has 0 fully saturated rings. The highest BCUT2D eigenvalue weighted by Crippen LogP contribution is 2.16. The summed E-state index contributed by atoms with van der Waals surface area (Å²) >= 11 is 0. The molecule has 0 aliphatic heterocycles. The first kappa shape index (κ1) is 17.7. The van der Waals surface area contributed by atoms with Gasteiger partial charge in [-0.25, -0.2) is 8.42 Å². The Morgan fingerprint density at radius 2 is 1.90 bits per heavy atom. The number of nitrogens with two attached hydrogens (primary N) is 1. The van der Waals surface area contributed by atoms with E-state index in [0.717, 1.165) is 5.56 Å². The Morgan fingerprint density at radius 3 is 2.43 bits per heavy atom. The number of hydrogen-bond acceptors (Lipinski definition) is 4. The molecule has 1 aromatic rings. The van der Waals surface area contributed by atoms with Crippen molar-refractivity contribution in [3.63, 3.8) is 0 Å². The van der Waals surface area contributed by atoms with Gasteiger partial charge < -0.3 is 10.5 Å². The van der Waals surface area contributed by atoms with E-state index < -0.39 is 10.0 Å². The third-order valence-electron chi connectivity index (χ3n) is 2.87. The average Bonchev–Trinajstić information content (AvgIpc) is 2.49. The van der Waals surface area contributed by atoms with Crippen LogP contribution in [-0.2, 0) is 14.8 Å². The van der Waals surface area contributed by atoms with Gasteiger partial charge in [-0.15, -0.1) is 0 Å². The van der Waals surface area contributed by atoms with Gasteiger partial charge in [0.05, 0.1) is 18.0 Å². The van der Waals surface area contributed by atoms with Gasteiger partial charge in [0, 0.05) is 25.3 Å². The molecule has 0 aliphatic carbocycles. The molecule has 1 rings (SSSR count). The molecule has 0 amide bonds. The molecule has 6 heteroatoms. The second kappa shape index (κ2) is 8.80. The van der Waals surface area contributed by atoms with Crippen LogP contribution in [0.1, 0.15) is 19.4 Å². The van der Waals surface area contributed by atoms with Gasteiger partial charge in [0.2, 0.25) is 10.0 Å². The molecule has 1 aromatic carbocycles. The van der Waals surface area contributed by atoms with Crippen molar-refractivity contribution in [2.45, 2.75) is 18.7 Å². The lowest BCUT2D eigenvalue weighted by Gasteiger charge is -2.20. The van der Waals surface area contributed by atoms with Crippen molar-refractivity contribution in [3.8, 4) is 11.8 Å². The van der Waals surface area contributed by atoms with Crippen LogP contribution in [-0.4, -0.2) is 45.6 Å². The van der Waals surface area contributed by atoms with Crippen LogP contribution < -0.4 is 5.73 Å². The van der Waals surface area contributed by atoms with Crippen molar-refractivity contribution < 1.29 is 13.2 Å². The van der Waals surface area contributed by atoms with Crippen LogP contribution in [0.25, 0.3) is 0 Å². The summed E-state index contributed by atoms with van der Waals surface area (Å²) in [5.41, 5.74) is 6.05. The van der Waals surface area contributed by atoms with Gasteiger partial charge >= 0.3 is 0 Å². The zero-order valence-corrected chi connectivity index (χ0v) is 13.3. The lowest BCUT2D eigenvalue weighted by Crippen LogP contribution is -2.33. The van der Waals surface area contributed by atoms with Gasteiger partial charge in [-0.3, -0.25) is 0 Å². The van der Waals surface area contributed by atoms with E-state index in [0.29, 0.717) is 26.3 Å². The quantitative estimate of drug-likeness (QED) is 0.603. The molecule has 0 radical (unpaired) electrons. The predicted molar refractivity (Wildman–Crippen MR) is 83.3 cm³/mol. The number of benzene rings is 1. The van der Waals surface area contributed by atoms with E-state index in [9.17, 15) is 8.42 Å². The maximum Gasteiger partial charge on any atom is 0.243 e. The standard InChI is InChI=1S/C15H22N2O3S/c1-3-17(12-13-20-4-2)21(18,19)15-9-7-14(8-10-15)6-5-11-16/h7-10H,3-4,11-13,16H2,1-2H3. The number of likely N-dealkylation sites (N-methyl/N-ethyl adjacent to an activating group) is 1. The molecule has 0 aliphatic rings. The Labute approximate surface area is 127 Å². The Hall–Kier alpha value is -1.39. The minimum Gasteiger partial charge on any atom is -0.380 e. The highest BCUT2D eigenvalue weighted by molar-refractivity contribution is 7.89. The molecule has 0 spiro atoms. The fourth-order valence-corrected chi connectivity index (χ4v) is 3.20. The van der Waals surface area contributed by atoms with Crippen molar-refractivity contribution in [1.29, 1.82) is 0 Å². The summed E-state index contributed by atoms with van der Waals surface area (Å²) in [4.78, 5) is 0.263. The topological polar surface area (TPSA) is 72.6 Å². The minimum absolute atomic E-state index is 0.263. The zero-order valence-electron chi connectivity index (χ0n) is 12.5. The van der Waals surface area contributed by atoms with Crippen LogP contribution in [0.5, 0.6) is 0 Å². The maximum absolute atomic E-state index is 12.5. The average molecular weight is 310 g/mol. The Balaban J connectivity index is 2.89. The molecule has 2 N–H and O–H groups in total. The van der Waals surface area contributed by atoms with E-state index in [1.807, 2.05) is 13.8 Å². The van der Waals surface area contributed by atoms with Gasteiger partial charge in [-0.05, 0) is 31.2 Å². The minimum atomic E-state index is -3.49. The third-order valence-corrected chi connectivity index (χ3v) is 4.86. The van der Waals surface area contributed by atoms with Gasteiger partial charge in [-0.2, -0.15) is 4.31 Å². The SMILES string of the molecule is CCOCCN(CC)S(=O)(=O)c1ccc(C#CCN)cc1. The second-order valence-corrected chi connectivity index (χ2v) is 6.16. The lowest BCUT2D eigenvalue weighted by atomic mass is 10.2. The summed E-state index contributed by atoms with van der Waals surface area (Å²) in [7, 11) is -3.49. The molecule has 0 saturated heterocycles. The van der Waals surface area contributed by atoms with Crippen LogP contribution in [0.15, 0.2) is 29.2 Å². The predicted octanol–water partition coefficient (Wildman–Crippen LogP) is 1.04. The van der Waals surface area contributed by atoms with Gasteiger partial charge in [0.25, 0.3) is 0 Å². The Morgan fingerprint density at radius 1 is 1.24 bits per heavy atom. The van der Waals surface area contributed by atoms with Crippen molar-refractivity contribution in [2.75, 3.05) is 32.8 Å². The summed E-state index contributed by atoms with van der Waals surface area (Å²) in [6.07, 6.45) is 0. The molecule has 5 nitrogen and oxygen atoms in total. The highest BCUT2D eigenvalue weighted by atomic mass is 32.2. The third kappa shape index (κ3) is 5.14. The van der Waals surface area contributed by atoms with Gasteiger partial charge in [0.15, 0.2) is 0 Å². The number of ether oxygens (including phenoxy) is 1. The molecule has 0 aromatic heterocycles. The maximum atomic E-state index is 12.5. The fraction of sp³-hybridized carbons (Fsp3) is 0.467. The van der Waals surface area contributed by atoms with Crippen molar-refractivity contribution in [2.24, 2.45) is 5.73 Å². The summed E-state index contributed by atoms with van der Waals surface area (Å²) in [5.74, 6) is 5.60. The van der Waals surface area contributed by atoms with Crippen molar-refractivity contribution in [1.82, 2.24) is 4.31 Å². The number of hydrogen-bond donors (Lipinski definition) is 1. The van der Waals surface area contributed by atoms with Crippen LogP contribution >= 0.6 is 0 Å². The van der Waals surface area contributed by atoms with Crippen molar-refractivity contribution in [3.05, 3.63) is 29.8 Å².